The van der Waals surface area contributed by atoms with E-state index in [1.54, 1.807) is 19.2 Å². The highest BCUT2D eigenvalue weighted by Crippen LogP contribution is 2.27. The van der Waals surface area contributed by atoms with Crippen molar-refractivity contribution in [2.75, 3.05) is 7.11 Å². The number of hydrogen-bond donors (Lipinski definition) is 0. The molecule has 3 aromatic rings. The van der Waals surface area contributed by atoms with Crippen LogP contribution in [-0.4, -0.2) is 16.9 Å². The number of para-hydroxylation sites is 1. The van der Waals surface area contributed by atoms with Crippen molar-refractivity contribution in [3.05, 3.63) is 81.6 Å². The number of aromatic nitrogens is 2. The lowest BCUT2D eigenvalue weighted by molar-refractivity contribution is 0.416. The number of methoxy groups -OCH3 is 1. The van der Waals surface area contributed by atoms with Gasteiger partial charge >= 0.3 is 0 Å². The van der Waals surface area contributed by atoms with Crippen LogP contribution < -0.4 is 10.3 Å². The SMILES string of the molecule is COc1ccccc1-c1ccc(=O)n(Cc2ccccc2Cl)n1. The molecule has 4 nitrogen and oxygen atoms in total. The first-order valence-corrected chi connectivity index (χ1v) is 7.52. The van der Waals surface area contributed by atoms with Crippen molar-refractivity contribution in [3.63, 3.8) is 0 Å². The largest absolute Gasteiger partial charge is 0.496 e. The first kappa shape index (κ1) is 15.3. The van der Waals surface area contributed by atoms with Gasteiger partial charge in [-0.1, -0.05) is 41.9 Å². The maximum atomic E-state index is 12.1. The van der Waals surface area contributed by atoms with Gasteiger partial charge in [0.2, 0.25) is 0 Å². The fourth-order valence-electron chi connectivity index (χ4n) is 2.35. The Bertz CT molecular complexity index is 890. The summed E-state index contributed by atoms with van der Waals surface area (Å²) in [6.45, 7) is 0.321. The van der Waals surface area contributed by atoms with Crippen molar-refractivity contribution in [1.29, 1.82) is 0 Å². The molecule has 0 saturated heterocycles. The van der Waals surface area contributed by atoms with Gasteiger partial charge in [0.15, 0.2) is 0 Å². The Morgan fingerprint density at radius 3 is 2.57 bits per heavy atom. The molecule has 2 aromatic carbocycles. The average molecular weight is 327 g/mol. The minimum atomic E-state index is -0.177. The number of ether oxygens (including phenoxy) is 1. The summed E-state index contributed by atoms with van der Waals surface area (Å²) < 4.78 is 6.76. The molecule has 116 valence electrons. The van der Waals surface area contributed by atoms with Gasteiger partial charge in [-0.25, -0.2) is 4.68 Å². The Kier molecular flexibility index (Phi) is 4.44. The van der Waals surface area contributed by atoms with Crippen molar-refractivity contribution in [3.8, 4) is 17.0 Å². The molecule has 0 fully saturated rings. The maximum absolute atomic E-state index is 12.1. The van der Waals surface area contributed by atoms with E-state index in [0.29, 0.717) is 23.0 Å². The summed E-state index contributed by atoms with van der Waals surface area (Å²) >= 11 is 6.17. The standard InChI is InChI=1S/C18H15ClN2O2/c1-23-17-9-5-3-7-14(17)16-10-11-18(22)21(20-16)12-13-6-2-4-8-15(13)19/h2-11H,12H2,1H3. The van der Waals surface area contributed by atoms with Crippen molar-refractivity contribution in [2.24, 2.45) is 0 Å². The zero-order valence-corrected chi connectivity index (χ0v) is 13.3. The summed E-state index contributed by atoms with van der Waals surface area (Å²) in [5, 5.41) is 5.07. The summed E-state index contributed by atoms with van der Waals surface area (Å²) in [6, 6.07) is 18.2. The van der Waals surface area contributed by atoms with Gasteiger partial charge in [-0.3, -0.25) is 4.79 Å². The quantitative estimate of drug-likeness (QED) is 0.735. The van der Waals surface area contributed by atoms with Crippen LogP contribution in [0.3, 0.4) is 0 Å². The van der Waals surface area contributed by atoms with Crippen molar-refractivity contribution in [1.82, 2.24) is 9.78 Å². The van der Waals surface area contributed by atoms with E-state index in [9.17, 15) is 4.79 Å². The van der Waals surface area contributed by atoms with E-state index in [1.165, 1.54) is 10.7 Å². The molecule has 0 aliphatic heterocycles. The van der Waals surface area contributed by atoms with Crippen LogP contribution in [0.5, 0.6) is 5.75 Å². The highest BCUT2D eigenvalue weighted by Gasteiger charge is 2.09. The van der Waals surface area contributed by atoms with Gasteiger partial charge < -0.3 is 4.74 Å². The molecule has 0 amide bonds. The third-order valence-electron chi connectivity index (χ3n) is 3.53. The molecule has 23 heavy (non-hydrogen) atoms. The molecule has 1 aromatic heterocycles. The Hall–Kier alpha value is -2.59. The van der Waals surface area contributed by atoms with Gasteiger partial charge in [0.05, 0.1) is 19.3 Å². The van der Waals surface area contributed by atoms with Gasteiger partial charge in [0.25, 0.3) is 5.56 Å². The van der Waals surface area contributed by atoms with Crippen molar-refractivity contribution in [2.45, 2.75) is 6.54 Å². The summed E-state index contributed by atoms with van der Waals surface area (Å²) in [5.74, 6) is 0.711. The Morgan fingerprint density at radius 1 is 1.04 bits per heavy atom. The molecule has 1 heterocycles. The second-order valence-electron chi connectivity index (χ2n) is 5.01. The number of halogens is 1. The number of rotatable bonds is 4. The lowest BCUT2D eigenvalue weighted by atomic mass is 10.1. The second kappa shape index (κ2) is 6.67. The predicted octanol–water partition coefficient (Wildman–Crippen LogP) is 3.62. The van der Waals surface area contributed by atoms with Gasteiger partial charge in [-0.2, -0.15) is 5.10 Å². The van der Waals surface area contributed by atoms with E-state index in [4.69, 9.17) is 16.3 Å². The zero-order valence-electron chi connectivity index (χ0n) is 12.6. The molecule has 0 atom stereocenters. The Balaban J connectivity index is 2.03. The predicted molar refractivity (Wildman–Crippen MR) is 91.0 cm³/mol. The number of hydrogen-bond acceptors (Lipinski definition) is 3. The Morgan fingerprint density at radius 2 is 1.78 bits per heavy atom. The number of benzene rings is 2. The van der Waals surface area contributed by atoms with Crippen LogP contribution in [0.25, 0.3) is 11.3 Å². The van der Waals surface area contributed by atoms with Crippen molar-refractivity contribution < 1.29 is 4.74 Å². The molecule has 0 spiro atoms. The molecule has 3 rings (SSSR count). The smallest absolute Gasteiger partial charge is 0.267 e. The van der Waals surface area contributed by atoms with Gasteiger partial charge in [-0.05, 0) is 29.8 Å². The molecular formula is C18H15ClN2O2. The van der Waals surface area contributed by atoms with Gasteiger partial charge in [0, 0.05) is 16.7 Å². The van der Waals surface area contributed by atoms with E-state index in [2.05, 4.69) is 5.10 Å². The van der Waals surface area contributed by atoms with Crippen LogP contribution >= 0.6 is 11.6 Å². The molecular weight excluding hydrogens is 312 g/mol. The van der Waals surface area contributed by atoms with E-state index in [0.717, 1.165) is 11.1 Å². The molecule has 0 unspecified atom stereocenters. The fraction of sp³-hybridized carbons (Fsp3) is 0.111. The summed E-state index contributed by atoms with van der Waals surface area (Å²) in [6.07, 6.45) is 0. The first-order chi connectivity index (χ1) is 11.2. The lowest BCUT2D eigenvalue weighted by Gasteiger charge is -2.10. The average Bonchev–Trinajstić information content (AvgIpc) is 2.59. The minimum Gasteiger partial charge on any atom is -0.496 e. The minimum absolute atomic E-state index is 0.177. The highest BCUT2D eigenvalue weighted by molar-refractivity contribution is 6.31. The third kappa shape index (κ3) is 3.27. The van der Waals surface area contributed by atoms with Crippen LogP contribution in [0.2, 0.25) is 5.02 Å². The summed E-state index contributed by atoms with van der Waals surface area (Å²) in [5.41, 5.74) is 2.18. The van der Waals surface area contributed by atoms with Gasteiger partial charge in [0.1, 0.15) is 5.75 Å². The maximum Gasteiger partial charge on any atom is 0.267 e. The zero-order chi connectivity index (χ0) is 16.2. The van der Waals surface area contributed by atoms with Crippen LogP contribution in [0.1, 0.15) is 5.56 Å². The molecule has 0 aliphatic carbocycles. The van der Waals surface area contributed by atoms with E-state index in [1.807, 2.05) is 42.5 Å². The normalized spacial score (nSPS) is 10.5. The van der Waals surface area contributed by atoms with E-state index >= 15 is 0 Å². The third-order valence-corrected chi connectivity index (χ3v) is 3.90. The van der Waals surface area contributed by atoms with E-state index in [-0.39, 0.29) is 5.56 Å². The van der Waals surface area contributed by atoms with Crippen LogP contribution in [0, 0.1) is 0 Å². The molecule has 0 N–H and O–H groups in total. The summed E-state index contributed by atoms with van der Waals surface area (Å²) in [7, 11) is 1.61. The molecule has 5 heteroatoms. The van der Waals surface area contributed by atoms with Crippen LogP contribution in [0.15, 0.2) is 65.5 Å². The van der Waals surface area contributed by atoms with E-state index < -0.39 is 0 Å². The lowest BCUT2D eigenvalue weighted by Crippen LogP contribution is -2.23. The van der Waals surface area contributed by atoms with Gasteiger partial charge in [-0.15, -0.1) is 0 Å². The first-order valence-electron chi connectivity index (χ1n) is 7.14. The topological polar surface area (TPSA) is 44.1 Å². The fourth-order valence-corrected chi connectivity index (χ4v) is 2.55. The molecule has 0 aliphatic rings. The second-order valence-corrected chi connectivity index (χ2v) is 5.41. The molecule has 0 bridgehead atoms. The monoisotopic (exact) mass is 326 g/mol. The van der Waals surface area contributed by atoms with Crippen LogP contribution in [0.4, 0.5) is 0 Å². The molecule has 0 radical (unpaired) electrons. The summed E-state index contributed by atoms with van der Waals surface area (Å²) in [4.78, 5) is 12.1. The number of nitrogens with zero attached hydrogens (tertiary/aromatic N) is 2. The highest BCUT2D eigenvalue weighted by atomic mass is 35.5. The molecule has 0 saturated carbocycles. The van der Waals surface area contributed by atoms with Crippen molar-refractivity contribution >= 4 is 11.6 Å². The van der Waals surface area contributed by atoms with Crippen LogP contribution in [-0.2, 0) is 6.54 Å². The Labute approximate surface area is 138 Å².